The molecule has 0 amide bonds. The maximum absolute atomic E-state index is 3.47. The van der Waals surface area contributed by atoms with Crippen LogP contribution in [0.5, 0.6) is 0 Å². The maximum atomic E-state index is 3.47. The number of anilines is 1. The quantitative estimate of drug-likeness (QED) is 0.454. The van der Waals surface area contributed by atoms with E-state index in [9.17, 15) is 0 Å². The first-order valence-corrected chi connectivity index (χ1v) is 5.52. The summed E-state index contributed by atoms with van der Waals surface area (Å²) < 4.78 is 0. The summed E-state index contributed by atoms with van der Waals surface area (Å²) in [5.41, 5.74) is 3.91. The van der Waals surface area contributed by atoms with Gasteiger partial charge in [-0.15, -0.1) is 6.07 Å². The average Bonchev–Trinajstić information content (AvgIpc) is 2.23. The number of aryl methyl sites for hydroxylation is 2. The third-order valence-corrected chi connectivity index (χ3v) is 3.10. The molecule has 1 aliphatic heterocycles. The minimum absolute atomic E-state index is 0. The van der Waals surface area contributed by atoms with Gasteiger partial charge < -0.3 is 4.90 Å². The van der Waals surface area contributed by atoms with Gasteiger partial charge in [0.2, 0.25) is 0 Å². The van der Waals surface area contributed by atoms with Gasteiger partial charge >= 0.3 is 18.9 Å². The summed E-state index contributed by atoms with van der Waals surface area (Å²) in [6.07, 6.45) is 4.06. The Balaban J connectivity index is 0.00000112. The molecule has 0 saturated carbocycles. The van der Waals surface area contributed by atoms with Crippen LogP contribution in [-0.2, 0) is 0 Å². The molecule has 0 aliphatic carbocycles. The molecule has 76 valence electrons. The van der Waals surface area contributed by atoms with Gasteiger partial charge in [0.25, 0.3) is 0 Å². The Labute approximate surface area is 105 Å². The standard InChI is InChI=1S/C13H18N.Li/c1-11-6-7-13(10-12(11)2)14-8-4-3-5-9-14;/h6-7H,3-5,8-9H2,1-2H3;/q-1;+1. The monoisotopic (exact) mass is 195 g/mol. The largest absolute Gasteiger partial charge is 1.00 e. The fraction of sp³-hybridized carbons (Fsp3) is 0.538. The van der Waals surface area contributed by atoms with Crippen molar-refractivity contribution in [1.82, 2.24) is 0 Å². The number of hydrogen-bond acceptors (Lipinski definition) is 1. The van der Waals surface area contributed by atoms with Crippen molar-refractivity contribution in [2.45, 2.75) is 33.1 Å². The number of piperidine rings is 1. The second kappa shape index (κ2) is 5.63. The van der Waals surface area contributed by atoms with E-state index in [-0.39, 0.29) is 18.9 Å². The Morgan fingerprint density at radius 1 is 1.07 bits per heavy atom. The Hall–Kier alpha value is -0.383. The van der Waals surface area contributed by atoms with Crippen LogP contribution in [0.2, 0.25) is 0 Å². The molecular formula is C13H18LiN. The average molecular weight is 195 g/mol. The number of rotatable bonds is 1. The Morgan fingerprint density at radius 2 is 1.73 bits per heavy atom. The molecule has 1 nitrogen and oxygen atoms in total. The van der Waals surface area contributed by atoms with Crippen molar-refractivity contribution in [3.05, 3.63) is 29.3 Å². The van der Waals surface area contributed by atoms with Crippen LogP contribution in [0.25, 0.3) is 0 Å². The van der Waals surface area contributed by atoms with Gasteiger partial charge in [0.1, 0.15) is 0 Å². The zero-order valence-corrected chi connectivity index (χ0v) is 10.1. The van der Waals surface area contributed by atoms with E-state index in [0.717, 1.165) is 0 Å². The zero-order valence-electron chi connectivity index (χ0n) is 10.1. The topological polar surface area (TPSA) is 3.24 Å². The Kier molecular flexibility index (Phi) is 4.76. The molecule has 1 aromatic carbocycles. The van der Waals surface area contributed by atoms with Crippen molar-refractivity contribution in [2.24, 2.45) is 0 Å². The van der Waals surface area contributed by atoms with Crippen LogP contribution in [0, 0.1) is 19.9 Å². The second-order valence-electron chi connectivity index (χ2n) is 4.20. The summed E-state index contributed by atoms with van der Waals surface area (Å²) in [6.45, 7) is 6.70. The van der Waals surface area contributed by atoms with Gasteiger partial charge in [0, 0.05) is 13.1 Å². The molecule has 0 N–H and O–H groups in total. The molecule has 1 heterocycles. The van der Waals surface area contributed by atoms with Crippen LogP contribution in [-0.4, -0.2) is 13.1 Å². The van der Waals surface area contributed by atoms with E-state index in [0.29, 0.717) is 0 Å². The smallest absolute Gasteiger partial charge is 0.394 e. The molecule has 2 heteroatoms. The van der Waals surface area contributed by atoms with Crippen molar-refractivity contribution >= 4 is 5.69 Å². The SMILES string of the molecule is Cc1[c-]c(N2CCCCC2)ccc1C.[Li+]. The van der Waals surface area contributed by atoms with E-state index in [1.165, 1.54) is 49.2 Å². The molecule has 2 rings (SSSR count). The van der Waals surface area contributed by atoms with Crippen molar-refractivity contribution in [2.75, 3.05) is 18.0 Å². The summed E-state index contributed by atoms with van der Waals surface area (Å²) in [5.74, 6) is 0. The Morgan fingerprint density at radius 3 is 2.33 bits per heavy atom. The summed E-state index contributed by atoms with van der Waals surface area (Å²) in [6, 6.07) is 7.88. The first-order valence-electron chi connectivity index (χ1n) is 5.52. The van der Waals surface area contributed by atoms with Crippen LogP contribution >= 0.6 is 0 Å². The molecule has 15 heavy (non-hydrogen) atoms. The van der Waals surface area contributed by atoms with E-state index in [4.69, 9.17) is 0 Å². The van der Waals surface area contributed by atoms with Gasteiger partial charge in [-0.25, -0.2) is 0 Å². The van der Waals surface area contributed by atoms with Crippen LogP contribution in [0.1, 0.15) is 30.4 Å². The third-order valence-electron chi connectivity index (χ3n) is 3.10. The summed E-state index contributed by atoms with van der Waals surface area (Å²) in [4.78, 5) is 2.45. The first-order chi connectivity index (χ1) is 6.77. The van der Waals surface area contributed by atoms with E-state index in [1.807, 2.05) is 0 Å². The molecule has 1 aliphatic rings. The maximum Gasteiger partial charge on any atom is 1.00 e. The normalized spacial score (nSPS) is 16.0. The second-order valence-corrected chi connectivity index (χ2v) is 4.20. The molecule has 0 aromatic heterocycles. The van der Waals surface area contributed by atoms with Crippen molar-refractivity contribution in [3.8, 4) is 0 Å². The predicted octanol–water partition coefficient (Wildman–Crippen LogP) is 0.0979. The van der Waals surface area contributed by atoms with Gasteiger partial charge in [0.05, 0.1) is 0 Å². The molecule has 0 bridgehead atoms. The van der Waals surface area contributed by atoms with Gasteiger partial charge in [-0.1, -0.05) is 19.5 Å². The number of nitrogens with zero attached hydrogens (tertiary/aromatic N) is 1. The molecule has 1 saturated heterocycles. The van der Waals surface area contributed by atoms with Crippen LogP contribution in [0.4, 0.5) is 5.69 Å². The number of hydrogen-bond donors (Lipinski definition) is 0. The van der Waals surface area contributed by atoms with Gasteiger partial charge in [0.15, 0.2) is 0 Å². The van der Waals surface area contributed by atoms with Crippen molar-refractivity contribution in [3.63, 3.8) is 0 Å². The third kappa shape index (κ3) is 3.03. The molecule has 0 unspecified atom stereocenters. The molecular weight excluding hydrogens is 177 g/mol. The van der Waals surface area contributed by atoms with E-state index in [2.05, 4.69) is 36.9 Å². The summed E-state index contributed by atoms with van der Waals surface area (Å²) in [7, 11) is 0. The minimum atomic E-state index is 0. The molecule has 1 aromatic rings. The number of benzene rings is 1. The first kappa shape index (κ1) is 12.7. The van der Waals surface area contributed by atoms with E-state index < -0.39 is 0 Å². The van der Waals surface area contributed by atoms with E-state index in [1.54, 1.807) is 0 Å². The van der Waals surface area contributed by atoms with Crippen molar-refractivity contribution < 1.29 is 18.9 Å². The summed E-state index contributed by atoms with van der Waals surface area (Å²) in [5, 5.41) is 0. The van der Waals surface area contributed by atoms with Gasteiger partial charge in [-0.2, -0.15) is 23.3 Å². The van der Waals surface area contributed by atoms with Gasteiger partial charge in [-0.3, -0.25) is 0 Å². The van der Waals surface area contributed by atoms with E-state index >= 15 is 0 Å². The molecule has 1 fully saturated rings. The van der Waals surface area contributed by atoms with Crippen molar-refractivity contribution in [1.29, 1.82) is 0 Å². The zero-order chi connectivity index (χ0) is 9.97. The predicted molar refractivity (Wildman–Crippen MR) is 60.8 cm³/mol. The Bertz CT molecular complexity index is 316. The summed E-state index contributed by atoms with van der Waals surface area (Å²) >= 11 is 0. The van der Waals surface area contributed by atoms with Crippen LogP contribution < -0.4 is 23.8 Å². The van der Waals surface area contributed by atoms with Gasteiger partial charge in [-0.05, 0) is 19.3 Å². The molecule has 0 radical (unpaired) electrons. The van der Waals surface area contributed by atoms with Crippen LogP contribution in [0.15, 0.2) is 12.1 Å². The van der Waals surface area contributed by atoms with Crippen LogP contribution in [0.3, 0.4) is 0 Å². The fourth-order valence-electron chi connectivity index (χ4n) is 1.98. The molecule has 0 spiro atoms. The fourth-order valence-corrected chi connectivity index (χ4v) is 1.98. The minimum Gasteiger partial charge on any atom is -0.394 e. The molecule has 0 atom stereocenters.